The van der Waals surface area contributed by atoms with E-state index < -0.39 is 42.2 Å². The third kappa shape index (κ3) is 9.87. The number of hydrogen-bond acceptors (Lipinski definition) is 10. The second-order valence-electron chi connectivity index (χ2n) is 13.0. The summed E-state index contributed by atoms with van der Waals surface area (Å²) in [4.78, 5) is 35.8. The number of aromatic nitrogens is 3. The lowest BCUT2D eigenvalue weighted by Gasteiger charge is -2.34. The summed E-state index contributed by atoms with van der Waals surface area (Å²) >= 11 is 6.05. The number of carbonyl (C=O) groups is 2. The van der Waals surface area contributed by atoms with E-state index in [0.29, 0.717) is 30.9 Å². The number of rotatable bonds is 6. The van der Waals surface area contributed by atoms with Crippen molar-refractivity contribution in [1.82, 2.24) is 25.2 Å². The fourth-order valence-electron chi connectivity index (χ4n) is 7.06. The Morgan fingerprint density at radius 2 is 1.49 bits per heavy atom. The van der Waals surface area contributed by atoms with Crippen molar-refractivity contribution in [3.05, 3.63) is 35.2 Å². The lowest BCUT2D eigenvalue weighted by Crippen LogP contribution is -2.51. The Hall–Kier alpha value is -4.44. The molecule has 4 aliphatic rings. The Morgan fingerprint density at radius 3 is 2.02 bits per heavy atom. The molecule has 3 N–H and O–H groups in total. The summed E-state index contributed by atoms with van der Waals surface area (Å²) in [5.74, 6) is -6.63. The molecule has 302 valence electrons. The molecule has 0 amide bonds. The number of halogens is 11. The summed E-state index contributed by atoms with van der Waals surface area (Å²) in [5, 5.41) is 17.9. The third-order valence-electron chi connectivity index (χ3n) is 9.37. The number of aliphatic carboxylic acids is 2. The molecule has 4 aliphatic heterocycles. The molecule has 2 atom stereocenters. The molecule has 0 saturated carbocycles. The van der Waals surface area contributed by atoms with Crippen LogP contribution < -0.4 is 19.7 Å². The monoisotopic (exact) mass is 820 g/mol. The minimum Gasteiger partial charge on any atom is -0.475 e. The van der Waals surface area contributed by atoms with Gasteiger partial charge in [0.1, 0.15) is 23.6 Å². The molecule has 23 heteroatoms. The zero-order valence-electron chi connectivity index (χ0n) is 28.2. The molecular weight excluding hydrogens is 790 g/mol. The summed E-state index contributed by atoms with van der Waals surface area (Å²) in [6, 6.07) is 4.56. The maximum atomic E-state index is 16.3. The Kier molecular flexibility index (Phi) is 12.1. The van der Waals surface area contributed by atoms with E-state index in [1.807, 2.05) is 0 Å². The van der Waals surface area contributed by atoms with Crippen molar-refractivity contribution in [1.29, 1.82) is 0 Å². The molecule has 0 unspecified atom stereocenters. The molecule has 0 spiro atoms. The van der Waals surface area contributed by atoms with Gasteiger partial charge in [0, 0.05) is 36.9 Å². The smallest absolute Gasteiger partial charge is 0.475 e. The minimum atomic E-state index is -5.08. The second-order valence-corrected chi connectivity index (χ2v) is 13.4. The first kappa shape index (κ1) is 41.7. The van der Waals surface area contributed by atoms with E-state index in [4.69, 9.17) is 41.1 Å². The zero-order chi connectivity index (χ0) is 40.5. The number of pyridine rings is 1. The van der Waals surface area contributed by atoms with Crippen LogP contribution in [0.3, 0.4) is 0 Å². The number of fused-ring (bicyclic) bond motifs is 4. The summed E-state index contributed by atoms with van der Waals surface area (Å²) in [6.07, 6.45) is -7.46. The highest BCUT2D eigenvalue weighted by atomic mass is 35.5. The third-order valence-corrected chi connectivity index (χ3v) is 9.66. The number of anilines is 1. The first-order valence-corrected chi connectivity index (χ1v) is 16.9. The number of carboxylic acid groups (broad SMARTS) is 2. The van der Waals surface area contributed by atoms with Gasteiger partial charge in [-0.1, -0.05) is 17.7 Å². The van der Waals surface area contributed by atoms with Crippen LogP contribution in [0.15, 0.2) is 24.4 Å². The molecule has 4 saturated heterocycles. The van der Waals surface area contributed by atoms with Crippen LogP contribution in [-0.2, 0) is 9.59 Å². The Bertz CT molecular complexity index is 1850. The lowest BCUT2D eigenvalue weighted by atomic mass is 9.95. The van der Waals surface area contributed by atoms with Crippen LogP contribution in [-0.4, -0.2) is 111 Å². The SMILES string of the molecule is Fc1c(-c2cccc(Cl)c2OC(F)(F)F)ncc2c(N3C[C@H]4CC[C@@H](C3)N4)nc(OCC34CCCN3CCC4)nc12.O=C(O)C(F)(F)F.O=C(O)C(F)(F)F. The predicted octanol–water partition coefficient (Wildman–Crippen LogP) is 6.60. The van der Waals surface area contributed by atoms with Gasteiger partial charge in [-0.15, -0.1) is 13.2 Å². The average Bonchev–Trinajstić information content (AvgIpc) is 3.77. The highest BCUT2D eigenvalue weighted by Gasteiger charge is 2.45. The van der Waals surface area contributed by atoms with E-state index in [1.165, 1.54) is 24.4 Å². The van der Waals surface area contributed by atoms with Crippen LogP contribution in [0.2, 0.25) is 5.02 Å². The Labute approximate surface area is 309 Å². The average molecular weight is 821 g/mol. The molecule has 55 heavy (non-hydrogen) atoms. The topological polar surface area (TPSA) is 150 Å². The van der Waals surface area contributed by atoms with Crippen molar-refractivity contribution in [2.45, 2.75) is 74.9 Å². The predicted molar refractivity (Wildman–Crippen MR) is 172 cm³/mol. The number of nitrogens with zero attached hydrogens (tertiary/aromatic N) is 5. The number of benzene rings is 1. The normalized spacial score (nSPS) is 20.6. The number of piperazine rings is 1. The molecule has 2 bridgehead atoms. The number of alkyl halides is 9. The van der Waals surface area contributed by atoms with Gasteiger partial charge in [-0.25, -0.2) is 14.0 Å². The van der Waals surface area contributed by atoms with Crippen molar-refractivity contribution < 1.29 is 73.2 Å². The fourth-order valence-corrected chi connectivity index (χ4v) is 7.27. The molecule has 12 nitrogen and oxygen atoms in total. The van der Waals surface area contributed by atoms with Gasteiger partial charge in [-0.05, 0) is 63.7 Å². The summed E-state index contributed by atoms with van der Waals surface area (Å²) in [6.45, 7) is 3.81. The van der Waals surface area contributed by atoms with Gasteiger partial charge in [-0.3, -0.25) is 9.88 Å². The maximum absolute atomic E-state index is 16.3. The molecule has 7 rings (SSSR count). The van der Waals surface area contributed by atoms with Gasteiger partial charge in [0.25, 0.3) is 0 Å². The van der Waals surface area contributed by atoms with Gasteiger partial charge in [0.15, 0.2) is 11.6 Å². The zero-order valence-corrected chi connectivity index (χ0v) is 28.9. The second kappa shape index (κ2) is 16.0. The van der Waals surface area contributed by atoms with E-state index in [0.717, 1.165) is 51.6 Å². The van der Waals surface area contributed by atoms with Crippen molar-refractivity contribution >= 4 is 40.3 Å². The maximum Gasteiger partial charge on any atom is 0.573 e. The van der Waals surface area contributed by atoms with Gasteiger partial charge in [-0.2, -0.15) is 36.3 Å². The first-order chi connectivity index (χ1) is 25.6. The molecule has 2 aromatic heterocycles. The molecule has 0 radical (unpaired) electrons. The summed E-state index contributed by atoms with van der Waals surface area (Å²) in [5.41, 5.74) is -0.736. The van der Waals surface area contributed by atoms with Crippen LogP contribution in [0.1, 0.15) is 38.5 Å². The van der Waals surface area contributed by atoms with E-state index in [1.54, 1.807) is 0 Å². The van der Waals surface area contributed by atoms with Crippen LogP contribution in [0, 0.1) is 5.82 Å². The van der Waals surface area contributed by atoms with Gasteiger partial charge >= 0.3 is 36.7 Å². The molecule has 1 aromatic carbocycles. The standard InChI is InChI=1S/C28H29ClF4N6O2.2C2HF3O2/c29-20-5-1-4-18(24(20)41-28(31,32)33)22-21(30)23-19(12-34-22)25(38-13-16-6-7-17(14-38)35-16)37-26(36-23)40-15-27-8-2-10-39(27)11-3-9-27;2*3-2(4,5)1(6)7/h1,4-5,12,16-17,35H,2-3,6-11,13-15H2;2*(H,6,7)/t16-,17+;;. The number of hydrogen-bond donors (Lipinski definition) is 3. The summed E-state index contributed by atoms with van der Waals surface area (Å²) in [7, 11) is 0. The molecule has 3 aromatic rings. The summed E-state index contributed by atoms with van der Waals surface area (Å²) < 4.78 is 130. The number of carboxylic acids is 2. The number of ether oxygens (including phenoxy) is 2. The highest BCUT2D eigenvalue weighted by molar-refractivity contribution is 6.32. The van der Waals surface area contributed by atoms with Crippen molar-refractivity contribution in [2.24, 2.45) is 0 Å². The quantitative estimate of drug-likeness (QED) is 0.230. The molecule has 0 aliphatic carbocycles. The van der Waals surface area contributed by atoms with E-state index in [2.05, 4.69) is 29.8 Å². The minimum absolute atomic E-state index is 0.0420. The van der Waals surface area contributed by atoms with Gasteiger partial charge < -0.3 is 29.9 Å². The number of para-hydroxylation sites is 1. The molecule has 4 fully saturated rings. The van der Waals surface area contributed by atoms with Gasteiger partial charge in [0.05, 0.1) is 15.9 Å². The van der Waals surface area contributed by atoms with Crippen LogP contribution in [0.5, 0.6) is 11.8 Å². The van der Waals surface area contributed by atoms with Crippen LogP contribution in [0.4, 0.5) is 49.7 Å². The van der Waals surface area contributed by atoms with Crippen LogP contribution in [0.25, 0.3) is 22.2 Å². The van der Waals surface area contributed by atoms with E-state index >= 15 is 4.39 Å². The molecule has 6 heterocycles. The van der Waals surface area contributed by atoms with Crippen molar-refractivity contribution in [3.8, 4) is 23.0 Å². The first-order valence-electron chi connectivity index (χ1n) is 16.5. The van der Waals surface area contributed by atoms with Gasteiger partial charge in [0.2, 0.25) is 0 Å². The van der Waals surface area contributed by atoms with Crippen LogP contribution >= 0.6 is 11.6 Å². The highest BCUT2D eigenvalue weighted by Crippen LogP contribution is 2.42. The van der Waals surface area contributed by atoms with Crippen molar-refractivity contribution in [2.75, 3.05) is 37.7 Å². The van der Waals surface area contributed by atoms with E-state index in [9.17, 15) is 39.5 Å². The Morgan fingerprint density at radius 1 is 0.927 bits per heavy atom. The lowest BCUT2D eigenvalue weighted by molar-refractivity contribution is -0.274. The fraction of sp³-hybridized carbons (Fsp3) is 0.531. The van der Waals surface area contributed by atoms with E-state index in [-0.39, 0.29) is 45.4 Å². The molecular formula is C32H31ClF10N6O6. The number of nitrogens with one attached hydrogen (secondary N) is 1. The Balaban J connectivity index is 0.000000355. The van der Waals surface area contributed by atoms with Crippen molar-refractivity contribution in [3.63, 3.8) is 0 Å². The largest absolute Gasteiger partial charge is 0.573 e.